The SMILES string of the molecule is CC1(C)OC(c2cccc(C3CC3)c2)OC1(C)C. The number of rotatable bonds is 2. The van der Waals surface area contributed by atoms with E-state index in [0.29, 0.717) is 0 Å². The smallest absolute Gasteiger partial charge is 0.185 e. The third-order valence-corrected chi connectivity index (χ3v) is 4.48. The second kappa shape index (κ2) is 3.82. The summed E-state index contributed by atoms with van der Waals surface area (Å²) in [7, 11) is 0. The largest absolute Gasteiger partial charge is 0.339 e. The van der Waals surface area contributed by atoms with Gasteiger partial charge in [0.2, 0.25) is 0 Å². The first-order valence-corrected chi connectivity index (χ1v) is 6.84. The topological polar surface area (TPSA) is 18.5 Å². The lowest BCUT2D eigenvalue weighted by atomic mass is 9.90. The van der Waals surface area contributed by atoms with Gasteiger partial charge in [0.05, 0.1) is 11.2 Å². The molecule has 1 aliphatic heterocycles. The van der Waals surface area contributed by atoms with Gasteiger partial charge in [0.25, 0.3) is 0 Å². The molecule has 18 heavy (non-hydrogen) atoms. The van der Waals surface area contributed by atoms with Crippen LogP contribution in [0, 0.1) is 0 Å². The molecular formula is C16H22O2. The van der Waals surface area contributed by atoms with Gasteiger partial charge in [-0.25, -0.2) is 0 Å². The zero-order valence-electron chi connectivity index (χ0n) is 11.7. The third kappa shape index (κ3) is 1.98. The van der Waals surface area contributed by atoms with Crippen LogP contribution in [0.2, 0.25) is 0 Å². The van der Waals surface area contributed by atoms with Crippen molar-refractivity contribution in [2.75, 3.05) is 0 Å². The molecule has 1 heterocycles. The van der Waals surface area contributed by atoms with Gasteiger partial charge in [0.1, 0.15) is 0 Å². The van der Waals surface area contributed by atoms with E-state index in [-0.39, 0.29) is 17.5 Å². The molecule has 0 aromatic heterocycles. The molecule has 0 atom stereocenters. The normalized spacial score (nSPS) is 26.4. The van der Waals surface area contributed by atoms with Gasteiger partial charge in [-0.2, -0.15) is 0 Å². The van der Waals surface area contributed by atoms with Crippen molar-refractivity contribution in [3.63, 3.8) is 0 Å². The second-order valence-corrected chi connectivity index (χ2v) is 6.53. The summed E-state index contributed by atoms with van der Waals surface area (Å²) in [5, 5.41) is 0. The number of hydrogen-bond acceptors (Lipinski definition) is 2. The van der Waals surface area contributed by atoms with Crippen molar-refractivity contribution in [3.05, 3.63) is 35.4 Å². The highest BCUT2D eigenvalue weighted by Crippen LogP contribution is 2.46. The quantitative estimate of drug-likeness (QED) is 0.780. The van der Waals surface area contributed by atoms with Gasteiger partial charge in [-0.05, 0) is 52.0 Å². The average Bonchev–Trinajstić information content (AvgIpc) is 3.08. The Hall–Kier alpha value is -0.860. The van der Waals surface area contributed by atoms with Crippen molar-refractivity contribution in [2.45, 2.75) is 63.9 Å². The maximum atomic E-state index is 6.08. The Balaban J connectivity index is 1.86. The zero-order valence-corrected chi connectivity index (χ0v) is 11.7. The van der Waals surface area contributed by atoms with Crippen molar-refractivity contribution >= 4 is 0 Å². The van der Waals surface area contributed by atoms with Crippen LogP contribution in [0.4, 0.5) is 0 Å². The van der Waals surface area contributed by atoms with Gasteiger partial charge in [-0.15, -0.1) is 0 Å². The molecule has 0 unspecified atom stereocenters. The Bertz CT molecular complexity index is 442. The minimum Gasteiger partial charge on any atom is -0.339 e. The lowest BCUT2D eigenvalue weighted by molar-refractivity contribution is -0.0896. The number of ether oxygens (including phenoxy) is 2. The fourth-order valence-corrected chi connectivity index (χ4v) is 2.36. The maximum absolute atomic E-state index is 6.08. The molecule has 2 aliphatic rings. The predicted octanol–water partition coefficient (Wildman–Crippen LogP) is 4.17. The molecule has 2 nitrogen and oxygen atoms in total. The molecule has 3 rings (SSSR count). The van der Waals surface area contributed by atoms with Gasteiger partial charge in [-0.1, -0.05) is 24.3 Å². The molecule has 1 aliphatic carbocycles. The number of hydrogen-bond donors (Lipinski definition) is 0. The van der Waals surface area contributed by atoms with Crippen LogP contribution in [0.1, 0.15) is 63.9 Å². The zero-order chi connectivity index (χ0) is 13.0. The van der Waals surface area contributed by atoms with Crippen LogP contribution < -0.4 is 0 Å². The molecule has 0 amide bonds. The van der Waals surface area contributed by atoms with Crippen molar-refractivity contribution in [1.29, 1.82) is 0 Å². The van der Waals surface area contributed by atoms with Crippen LogP contribution in [0.3, 0.4) is 0 Å². The first kappa shape index (κ1) is 12.2. The minimum atomic E-state index is -0.257. The van der Waals surface area contributed by atoms with E-state index in [9.17, 15) is 0 Å². The molecule has 1 aromatic carbocycles. The highest BCUT2D eigenvalue weighted by molar-refractivity contribution is 5.30. The van der Waals surface area contributed by atoms with Crippen molar-refractivity contribution in [2.24, 2.45) is 0 Å². The Morgan fingerprint density at radius 2 is 1.50 bits per heavy atom. The van der Waals surface area contributed by atoms with E-state index in [4.69, 9.17) is 9.47 Å². The molecule has 2 fully saturated rings. The van der Waals surface area contributed by atoms with Crippen LogP contribution in [0.5, 0.6) is 0 Å². The molecule has 98 valence electrons. The average molecular weight is 246 g/mol. The van der Waals surface area contributed by atoms with Crippen LogP contribution in [0.15, 0.2) is 24.3 Å². The summed E-state index contributed by atoms with van der Waals surface area (Å²) < 4.78 is 12.2. The first-order valence-electron chi connectivity index (χ1n) is 6.84. The highest BCUT2D eigenvalue weighted by Gasteiger charge is 2.49. The van der Waals surface area contributed by atoms with Gasteiger partial charge >= 0.3 is 0 Å². The standard InChI is InChI=1S/C16H22O2/c1-15(2)16(3,4)18-14(17-15)13-7-5-6-12(10-13)11-8-9-11/h5-7,10-11,14H,8-9H2,1-4H3. The summed E-state index contributed by atoms with van der Waals surface area (Å²) in [5.41, 5.74) is 2.07. The molecule has 1 aromatic rings. The Morgan fingerprint density at radius 1 is 0.944 bits per heavy atom. The minimum absolute atomic E-state index is 0.228. The van der Waals surface area contributed by atoms with Crippen molar-refractivity contribution in [1.82, 2.24) is 0 Å². The van der Waals surface area contributed by atoms with E-state index in [2.05, 4.69) is 52.0 Å². The number of benzene rings is 1. The third-order valence-electron chi connectivity index (χ3n) is 4.48. The Labute approximate surface area is 109 Å². The van der Waals surface area contributed by atoms with Crippen LogP contribution in [0.25, 0.3) is 0 Å². The fraction of sp³-hybridized carbons (Fsp3) is 0.625. The summed E-state index contributed by atoms with van der Waals surface area (Å²) in [6.45, 7) is 8.38. The lowest BCUT2D eigenvalue weighted by Crippen LogP contribution is -2.41. The maximum Gasteiger partial charge on any atom is 0.185 e. The van der Waals surface area contributed by atoms with Crippen molar-refractivity contribution < 1.29 is 9.47 Å². The lowest BCUT2D eigenvalue weighted by Gasteiger charge is -2.30. The summed E-state index contributed by atoms with van der Waals surface area (Å²) in [6, 6.07) is 8.69. The molecule has 1 saturated carbocycles. The molecule has 2 heteroatoms. The molecule has 0 bridgehead atoms. The Kier molecular flexibility index (Phi) is 2.58. The summed E-state index contributed by atoms with van der Waals surface area (Å²) in [5.74, 6) is 0.771. The van der Waals surface area contributed by atoms with Gasteiger partial charge in [0, 0.05) is 5.56 Å². The van der Waals surface area contributed by atoms with Crippen molar-refractivity contribution in [3.8, 4) is 0 Å². The van der Waals surface area contributed by atoms with E-state index in [0.717, 1.165) is 11.5 Å². The van der Waals surface area contributed by atoms with Gasteiger partial charge in [0.15, 0.2) is 6.29 Å². The summed E-state index contributed by atoms with van der Waals surface area (Å²) >= 11 is 0. The predicted molar refractivity (Wildman–Crippen MR) is 71.5 cm³/mol. The summed E-state index contributed by atoms with van der Waals surface area (Å²) in [6.07, 6.45) is 2.42. The second-order valence-electron chi connectivity index (χ2n) is 6.53. The molecule has 0 radical (unpaired) electrons. The van der Waals surface area contributed by atoms with Crippen LogP contribution in [-0.2, 0) is 9.47 Å². The van der Waals surface area contributed by atoms with E-state index < -0.39 is 0 Å². The van der Waals surface area contributed by atoms with Crippen LogP contribution >= 0.6 is 0 Å². The van der Waals surface area contributed by atoms with E-state index in [1.807, 2.05) is 0 Å². The van der Waals surface area contributed by atoms with E-state index >= 15 is 0 Å². The van der Waals surface area contributed by atoms with Gasteiger partial charge < -0.3 is 9.47 Å². The highest BCUT2D eigenvalue weighted by atomic mass is 16.7. The fourth-order valence-electron chi connectivity index (χ4n) is 2.36. The molecule has 1 saturated heterocycles. The molecular weight excluding hydrogens is 224 g/mol. The molecule has 0 N–H and O–H groups in total. The summed E-state index contributed by atoms with van der Waals surface area (Å²) in [4.78, 5) is 0. The van der Waals surface area contributed by atoms with E-state index in [1.165, 1.54) is 18.4 Å². The monoisotopic (exact) mass is 246 g/mol. The molecule has 0 spiro atoms. The van der Waals surface area contributed by atoms with Gasteiger partial charge in [-0.3, -0.25) is 0 Å². The van der Waals surface area contributed by atoms with E-state index in [1.54, 1.807) is 0 Å². The Morgan fingerprint density at radius 3 is 2.06 bits per heavy atom. The first-order chi connectivity index (χ1) is 8.39. The van der Waals surface area contributed by atoms with Crippen LogP contribution in [-0.4, -0.2) is 11.2 Å².